The van der Waals surface area contributed by atoms with Crippen LogP contribution >= 0.6 is 0 Å². The van der Waals surface area contributed by atoms with E-state index in [0.717, 1.165) is 83.5 Å². The second kappa shape index (κ2) is 36.0. The van der Waals surface area contributed by atoms with Crippen LogP contribution in [0, 0.1) is 0 Å². The highest BCUT2D eigenvalue weighted by molar-refractivity contribution is 5.70. The van der Waals surface area contributed by atoms with Crippen molar-refractivity contribution < 1.29 is 49.0 Å². The van der Waals surface area contributed by atoms with Gasteiger partial charge in [-0.1, -0.05) is 127 Å². The summed E-state index contributed by atoms with van der Waals surface area (Å²) in [6, 6.07) is 0. The fraction of sp³-hybridized carbons (Fsp3) is 0.778. The standard InChI is InChI=1S/C45H78O10/c1-3-5-7-9-11-13-15-17-19-21-23-25-27-29-31-33-40(47)52-36-38(37-53-45-44(51)43(50)42(49)39(35-46)55-45)54-41(48)34-32-30-28-26-24-22-20-18-16-14-12-10-8-6-4-2/h11-14,17-20,38-39,42-46,49-51H,3-10,15-16,21-37H2,1-2H3/b13-11+,14-12+,19-17+,20-18+/t38-,39+,42-,43-,44+,45+/m0/s1. The Bertz CT molecular complexity index is 1040. The molecular formula is C45H78O10. The van der Waals surface area contributed by atoms with E-state index in [0.29, 0.717) is 12.8 Å². The van der Waals surface area contributed by atoms with Crippen molar-refractivity contribution in [2.75, 3.05) is 19.8 Å². The molecule has 6 atom stereocenters. The molecule has 0 aromatic carbocycles. The van der Waals surface area contributed by atoms with E-state index in [2.05, 4.69) is 62.5 Å². The largest absolute Gasteiger partial charge is 0.462 e. The van der Waals surface area contributed by atoms with Crippen molar-refractivity contribution in [3.8, 4) is 0 Å². The highest BCUT2D eigenvalue weighted by Gasteiger charge is 2.44. The number of carbonyl (C=O) groups is 2. The lowest BCUT2D eigenvalue weighted by atomic mass is 9.99. The quantitative estimate of drug-likeness (QED) is 0.0279. The number of hydrogen-bond acceptors (Lipinski definition) is 10. The summed E-state index contributed by atoms with van der Waals surface area (Å²) in [4.78, 5) is 25.3. The first-order valence-corrected chi connectivity index (χ1v) is 21.7. The fourth-order valence-corrected chi connectivity index (χ4v) is 6.19. The van der Waals surface area contributed by atoms with Crippen molar-refractivity contribution in [3.63, 3.8) is 0 Å². The maximum atomic E-state index is 12.7. The molecule has 0 saturated carbocycles. The molecule has 0 radical (unpaired) electrons. The zero-order valence-corrected chi connectivity index (χ0v) is 34.4. The molecule has 0 aromatic heterocycles. The summed E-state index contributed by atoms with van der Waals surface area (Å²) >= 11 is 0. The van der Waals surface area contributed by atoms with Crippen LogP contribution in [-0.4, -0.2) is 89.0 Å². The topological polar surface area (TPSA) is 152 Å². The minimum atomic E-state index is -1.60. The van der Waals surface area contributed by atoms with Crippen LogP contribution in [0.2, 0.25) is 0 Å². The van der Waals surface area contributed by atoms with E-state index < -0.39 is 55.4 Å². The predicted molar refractivity (Wildman–Crippen MR) is 219 cm³/mol. The van der Waals surface area contributed by atoms with Gasteiger partial charge in [-0.3, -0.25) is 9.59 Å². The summed E-state index contributed by atoms with van der Waals surface area (Å²) in [6.45, 7) is 3.33. The molecule has 0 aliphatic carbocycles. The third kappa shape index (κ3) is 27.8. The molecule has 0 unspecified atom stereocenters. The van der Waals surface area contributed by atoms with Crippen LogP contribution < -0.4 is 0 Å². The van der Waals surface area contributed by atoms with Crippen LogP contribution in [0.4, 0.5) is 0 Å². The summed E-state index contributed by atoms with van der Waals surface area (Å²) in [5.74, 6) is -0.842. The van der Waals surface area contributed by atoms with Gasteiger partial charge in [-0.15, -0.1) is 0 Å². The summed E-state index contributed by atoms with van der Waals surface area (Å²) in [6.07, 6.45) is 33.9. The average Bonchev–Trinajstić information content (AvgIpc) is 3.18. The summed E-state index contributed by atoms with van der Waals surface area (Å²) in [5.41, 5.74) is 0. The van der Waals surface area contributed by atoms with Gasteiger partial charge >= 0.3 is 11.9 Å². The number of rotatable bonds is 35. The van der Waals surface area contributed by atoms with Gasteiger partial charge in [0.2, 0.25) is 0 Å². The zero-order chi connectivity index (χ0) is 40.2. The number of allylic oxidation sites excluding steroid dienone is 8. The Hall–Kier alpha value is -2.34. The van der Waals surface area contributed by atoms with Gasteiger partial charge in [0.15, 0.2) is 12.4 Å². The first-order valence-electron chi connectivity index (χ1n) is 21.7. The maximum absolute atomic E-state index is 12.7. The summed E-state index contributed by atoms with van der Waals surface area (Å²) in [7, 11) is 0. The molecular weight excluding hydrogens is 700 g/mol. The van der Waals surface area contributed by atoms with Crippen molar-refractivity contribution in [3.05, 3.63) is 48.6 Å². The van der Waals surface area contributed by atoms with E-state index in [1.54, 1.807) is 0 Å². The monoisotopic (exact) mass is 779 g/mol. The highest BCUT2D eigenvalue weighted by atomic mass is 16.7. The molecule has 55 heavy (non-hydrogen) atoms. The molecule has 10 heteroatoms. The van der Waals surface area contributed by atoms with Gasteiger partial charge in [-0.05, 0) is 77.0 Å². The molecule has 10 nitrogen and oxygen atoms in total. The van der Waals surface area contributed by atoms with Crippen LogP contribution in [0.15, 0.2) is 48.6 Å². The van der Waals surface area contributed by atoms with Crippen LogP contribution in [-0.2, 0) is 28.5 Å². The molecule has 1 aliphatic heterocycles. The van der Waals surface area contributed by atoms with Crippen molar-refractivity contribution in [1.82, 2.24) is 0 Å². The smallest absolute Gasteiger partial charge is 0.306 e. The normalized spacial score (nSPS) is 21.0. The first-order chi connectivity index (χ1) is 26.8. The number of hydrogen-bond donors (Lipinski definition) is 4. The van der Waals surface area contributed by atoms with E-state index >= 15 is 0 Å². The number of aliphatic hydroxyl groups excluding tert-OH is 4. The molecule has 0 bridgehead atoms. The third-order valence-corrected chi connectivity index (χ3v) is 9.69. The Balaban J connectivity index is 2.38. The van der Waals surface area contributed by atoms with Crippen molar-refractivity contribution in [2.24, 2.45) is 0 Å². The van der Waals surface area contributed by atoms with E-state index in [4.69, 9.17) is 18.9 Å². The molecule has 1 heterocycles. The van der Waals surface area contributed by atoms with Crippen molar-refractivity contribution in [1.29, 1.82) is 0 Å². The molecule has 1 saturated heterocycles. The molecule has 0 spiro atoms. The number of ether oxygens (including phenoxy) is 4. The SMILES string of the molecule is CCCCC/C=C/C/C=C/CCCCCCCC(=O)OC[C@@H](CO[C@@H]1O[C@H](CO)[C@H](O)[C@H](O)[C@H]1O)OC(=O)CCCCCCC/C=C/C/C=C/CCCCC. The van der Waals surface area contributed by atoms with Gasteiger partial charge in [-0.25, -0.2) is 0 Å². The first kappa shape index (κ1) is 50.7. The van der Waals surface area contributed by atoms with Crippen LogP contribution in [0.5, 0.6) is 0 Å². The Morgan fingerprint density at radius 2 is 1.02 bits per heavy atom. The Kier molecular flexibility index (Phi) is 33.2. The summed E-state index contributed by atoms with van der Waals surface area (Å²) < 4.78 is 22.1. The van der Waals surface area contributed by atoms with Gasteiger partial charge in [0.25, 0.3) is 0 Å². The minimum absolute atomic E-state index is 0.209. The molecule has 318 valence electrons. The minimum Gasteiger partial charge on any atom is -0.462 e. The molecule has 1 fully saturated rings. The van der Waals surface area contributed by atoms with Crippen molar-refractivity contribution in [2.45, 2.75) is 205 Å². The second-order valence-corrected chi connectivity index (χ2v) is 14.8. The van der Waals surface area contributed by atoms with E-state index in [1.165, 1.54) is 44.9 Å². The maximum Gasteiger partial charge on any atom is 0.306 e. The molecule has 1 aliphatic rings. The van der Waals surface area contributed by atoms with E-state index in [1.807, 2.05) is 0 Å². The number of esters is 2. The Morgan fingerprint density at radius 3 is 1.51 bits per heavy atom. The van der Waals surface area contributed by atoms with Gasteiger partial charge in [0.1, 0.15) is 31.0 Å². The zero-order valence-electron chi connectivity index (χ0n) is 34.4. The van der Waals surface area contributed by atoms with Gasteiger partial charge in [0, 0.05) is 12.8 Å². The molecule has 0 amide bonds. The van der Waals surface area contributed by atoms with E-state index in [-0.39, 0.29) is 26.1 Å². The lowest BCUT2D eigenvalue weighted by molar-refractivity contribution is -0.305. The van der Waals surface area contributed by atoms with Crippen LogP contribution in [0.3, 0.4) is 0 Å². The van der Waals surface area contributed by atoms with Crippen LogP contribution in [0.25, 0.3) is 0 Å². The number of carbonyl (C=O) groups excluding carboxylic acids is 2. The Labute approximate surface area is 333 Å². The molecule has 0 aromatic rings. The third-order valence-electron chi connectivity index (χ3n) is 9.69. The van der Waals surface area contributed by atoms with Crippen molar-refractivity contribution >= 4 is 11.9 Å². The second-order valence-electron chi connectivity index (χ2n) is 14.8. The van der Waals surface area contributed by atoms with E-state index in [9.17, 15) is 30.0 Å². The summed E-state index contributed by atoms with van der Waals surface area (Å²) in [5, 5.41) is 40.0. The van der Waals surface area contributed by atoms with Crippen LogP contribution in [0.1, 0.15) is 168 Å². The highest BCUT2D eigenvalue weighted by Crippen LogP contribution is 2.22. The van der Waals surface area contributed by atoms with Gasteiger partial charge in [-0.2, -0.15) is 0 Å². The predicted octanol–water partition coefficient (Wildman–Crippen LogP) is 8.88. The molecule has 4 N–H and O–H groups in total. The fourth-order valence-electron chi connectivity index (χ4n) is 6.19. The lowest BCUT2D eigenvalue weighted by Gasteiger charge is -2.39. The number of aliphatic hydroxyl groups is 4. The van der Waals surface area contributed by atoms with Gasteiger partial charge < -0.3 is 39.4 Å². The average molecular weight is 779 g/mol. The van der Waals surface area contributed by atoms with Gasteiger partial charge in [0.05, 0.1) is 13.2 Å². The number of unbranched alkanes of at least 4 members (excludes halogenated alkanes) is 16. The lowest BCUT2D eigenvalue weighted by Crippen LogP contribution is -2.59. The Morgan fingerprint density at radius 1 is 0.564 bits per heavy atom. The molecule has 1 rings (SSSR count).